The number of benzene rings is 1. The van der Waals surface area contributed by atoms with E-state index in [1.165, 1.54) is 0 Å². The van der Waals surface area contributed by atoms with Crippen LogP contribution in [0, 0.1) is 17.8 Å². The Morgan fingerprint density at radius 2 is 1.86 bits per heavy atom. The molecule has 1 heteroatoms. The maximum atomic E-state index is 9.51. The molecule has 0 aliphatic rings. The Morgan fingerprint density at radius 3 is 2.43 bits per heavy atom. The lowest BCUT2D eigenvalue weighted by Crippen LogP contribution is -2.06. The van der Waals surface area contributed by atoms with E-state index in [4.69, 9.17) is 0 Å². The highest BCUT2D eigenvalue weighted by atomic mass is 16.3. The summed E-state index contributed by atoms with van der Waals surface area (Å²) in [6.07, 6.45) is 0.232. The standard InChI is InChI=1S/C13H16O/c1-11(2)10-13(14)9-8-12-6-4-3-5-7-12/h3-7,11,13-14H,10H2,1-2H3/t13-/m1/s1. The predicted molar refractivity (Wildman–Crippen MR) is 58.8 cm³/mol. The third kappa shape index (κ3) is 4.11. The molecule has 0 spiro atoms. The third-order valence-electron chi connectivity index (χ3n) is 1.85. The summed E-state index contributed by atoms with van der Waals surface area (Å²) in [6, 6.07) is 9.72. The molecular formula is C13H16O. The average Bonchev–Trinajstić information content (AvgIpc) is 2.15. The molecule has 1 rings (SSSR count). The molecule has 1 atom stereocenters. The maximum absolute atomic E-state index is 9.51. The summed E-state index contributed by atoms with van der Waals surface area (Å²) in [7, 11) is 0. The zero-order chi connectivity index (χ0) is 10.4. The second-order valence-corrected chi connectivity index (χ2v) is 3.78. The van der Waals surface area contributed by atoms with Gasteiger partial charge in [-0.05, 0) is 24.5 Å². The highest BCUT2D eigenvalue weighted by molar-refractivity contribution is 5.34. The lowest BCUT2D eigenvalue weighted by atomic mass is 10.1. The van der Waals surface area contributed by atoms with Crippen LogP contribution in [-0.4, -0.2) is 11.2 Å². The van der Waals surface area contributed by atoms with Gasteiger partial charge in [0.2, 0.25) is 0 Å². The minimum atomic E-state index is -0.504. The van der Waals surface area contributed by atoms with Crippen molar-refractivity contribution >= 4 is 0 Å². The van der Waals surface area contributed by atoms with Crippen LogP contribution < -0.4 is 0 Å². The van der Waals surface area contributed by atoms with Crippen LogP contribution in [0.1, 0.15) is 25.8 Å². The largest absolute Gasteiger partial charge is 0.380 e. The quantitative estimate of drug-likeness (QED) is 0.707. The van der Waals surface area contributed by atoms with Crippen molar-refractivity contribution < 1.29 is 5.11 Å². The number of hydrogen-bond acceptors (Lipinski definition) is 1. The summed E-state index contributed by atoms with van der Waals surface area (Å²) >= 11 is 0. The normalized spacial score (nSPS) is 12.0. The summed E-state index contributed by atoms with van der Waals surface area (Å²) in [5.74, 6) is 6.27. The second-order valence-electron chi connectivity index (χ2n) is 3.78. The van der Waals surface area contributed by atoms with Crippen LogP contribution in [0.25, 0.3) is 0 Å². The zero-order valence-corrected chi connectivity index (χ0v) is 8.70. The molecule has 0 bridgehead atoms. The van der Waals surface area contributed by atoms with Crippen LogP contribution >= 0.6 is 0 Å². The van der Waals surface area contributed by atoms with E-state index in [0.29, 0.717) is 5.92 Å². The summed E-state index contributed by atoms with van der Waals surface area (Å²) in [4.78, 5) is 0. The van der Waals surface area contributed by atoms with E-state index < -0.39 is 6.10 Å². The van der Waals surface area contributed by atoms with Crippen LogP contribution in [0.15, 0.2) is 30.3 Å². The smallest absolute Gasteiger partial charge is 0.115 e. The average molecular weight is 188 g/mol. The van der Waals surface area contributed by atoms with E-state index in [9.17, 15) is 5.11 Å². The SMILES string of the molecule is CC(C)C[C@H](O)C#Cc1ccccc1. The van der Waals surface area contributed by atoms with Gasteiger partial charge < -0.3 is 5.11 Å². The topological polar surface area (TPSA) is 20.2 Å². The molecule has 1 N–H and O–H groups in total. The Hall–Kier alpha value is -1.26. The van der Waals surface area contributed by atoms with Crippen molar-refractivity contribution in [2.45, 2.75) is 26.4 Å². The zero-order valence-electron chi connectivity index (χ0n) is 8.70. The van der Waals surface area contributed by atoms with Gasteiger partial charge in [0.1, 0.15) is 6.10 Å². The lowest BCUT2D eigenvalue weighted by Gasteiger charge is -2.05. The van der Waals surface area contributed by atoms with Crippen molar-refractivity contribution in [1.29, 1.82) is 0 Å². The van der Waals surface area contributed by atoms with Crippen LogP contribution in [0.5, 0.6) is 0 Å². The number of hydrogen-bond donors (Lipinski definition) is 1. The van der Waals surface area contributed by atoms with Gasteiger partial charge in [-0.25, -0.2) is 0 Å². The van der Waals surface area contributed by atoms with Gasteiger partial charge in [-0.1, -0.05) is 43.9 Å². The van der Waals surface area contributed by atoms with E-state index in [1.807, 2.05) is 30.3 Å². The fourth-order valence-electron chi connectivity index (χ4n) is 1.19. The highest BCUT2D eigenvalue weighted by Crippen LogP contribution is 2.03. The Bertz CT molecular complexity index is 316. The summed E-state index contributed by atoms with van der Waals surface area (Å²) < 4.78 is 0. The molecule has 0 heterocycles. The fraction of sp³-hybridized carbons (Fsp3) is 0.385. The maximum Gasteiger partial charge on any atom is 0.115 e. The molecule has 1 aromatic carbocycles. The first-order chi connectivity index (χ1) is 6.68. The van der Waals surface area contributed by atoms with Gasteiger partial charge >= 0.3 is 0 Å². The number of aliphatic hydroxyl groups is 1. The van der Waals surface area contributed by atoms with Crippen molar-refractivity contribution in [3.8, 4) is 11.8 Å². The Morgan fingerprint density at radius 1 is 1.21 bits per heavy atom. The molecule has 0 aliphatic heterocycles. The first-order valence-corrected chi connectivity index (χ1v) is 4.93. The minimum Gasteiger partial charge on any atom is -0.380 e. The van der Waals surface area contributed by atoms with E-state index in [0.717, 1.165) is 12.0 Å². The molecule has 74 valence electrons. The Labute approximate surface area is 85.8 Å². The predicted octanol–water partition coefficient (Wildman–Crippen LogP) is 2.45. The van der Waals surface area contributed by atoms with Crippen molar-refractivity contribution in [2.75, 3.05) is 0 Å². The van der Waals surface area contributed by atoms with Crippen LogP contribution in [0.2, 0.25) is 0 Å². The van der Waals surface area contributed by atoms with Gasteiger partial charge in [0.25, 0.3) is 0 Å². The van der Waals surface area contributed by atoms with Gasteiger partial charge in [-0.3, -0.25) is 0 Å². The molecule has 0 amide bonds. The summed E-state index contributed by atoms with van der Waals surface area (Å²) in [6.45, 7) is 4.15. The lowest BCUT2D eigenvalue weighted by molar-refractivity contribution is 0.204. The van der Waals surface area contributed by atoms with Crippen LogP contribution in [0.3, 0.4) is 0 Å². The van der Waals surface area contributed by atoms with Gasteiger partial charge in [0.05, 0.1) is 0 Å². The van der Waals surface area contributed by atoms with E-state index >= 15 is 0 Å². The first-order valence-electron chi connectivity index (χ1n) is 4.93. The molecule has 14 heavy (non-hydrogen) atoms. The molecule has 0 aliphatic carbocycles. The van der Waals surface area contributed by atoms with E-state index in [2.05, 4.69) is 25.7 Å². The number of rotatable bonds is 2. The molecule has 0 radical (unpaired) electrons. The molecule has 0 saturated carbocycles. The minimum absolute atomic E-state index is 0.482. The van der Waals surface area contributed by atoms with Gasteiger partial charge in [0.15, 0.2) is 0 Å². The van der Waals surface area contributed by atoms with Gasteiger partial charge in [-0.15, -0.1) is 0 Å². The molecule has 0 saturated heterocycles. The molecule has 0 unspecified atom stereocenters. The van der Waals surface area contributed by atoms with E-state index in [1.54, 1.807) is 0 Å². The van der Waals surface area contributed by atoms with Gasteiger partial charge in [-0.2, -0.15) is 0 Å². The van der Waals surface area contributed by atoms with Crippen LogP contribution in [-0.2, 0) is 0 Å². The van der Waals surface area contributed by atoms with Crippen molar-refractivity contribution in [2.24, 2.45) is 5.92 Å². The summed E-state index contributed by atoms with van der Waals surface area (Å²) in [5.41, 5.74) is 0.954. The highest BCUT2D eigenvalue weighted by Gasteiger charge is 2.01. The van der Waals surface area contributed by atoms with Crippen molar-refractivity contribution in [3.05, 3.63) is 35.9 Å². The third-order valence-corrected chi connectivity index (χ3v) is 1.85. The van der Waals surface area contributed by atoms with Crippen molar-refractivity contribution in [3.63, 3.8) is 0 Å². The van der Waals surface area contributed by atoms with E-state index in [-0.39, 0.29) is 0 Å². The Balaban J connectivity index is 2.55. The van der Waals surface area contributed by atoms with Gasteiger partial charge in [0, 0.05) is 5.56 Å². The first kappa shape index (κ1) is 10.8. The molecule has 0 fully saturated rings. The fourth-order valence-corrected chi connectivity index (χ4v) is 1.19. The second kappa shape index (κ2) is 5.47. The summed E-state index contributed by atoms with van der Waals surface area (Å²) in [5, 5.41) is 9.51. The molecular weight excluding hydrogens is 172 g/mol. The Kier molecular flexibility index (Phi) is 4.22. The van der Waals surface area contributed by atoms with Crippen molar-refractivity contribution in [1.82, 2.24) is 0 Å². The number of aliphatic hydroxyl groups excluding tert-OH is 1. The molecule has 1 nitrogen and oxygen atoms in total. The monoisotopic (exact) mass is 188 g/mol. The molecule has 0 aromatic heterocycles. The van der Waals surface area contributed by atoms with Crippen LogP contribution in [0.4, 0.5) is 0 Å². The molecule has 1 aromatic rings.